The van der Waals surface area contributed by atoms with Gasteiger partial charge in [0.2, 0.25) is 0 Å². The van der Waals surface area contributed by atoms with Crippen LogP contribution in [0, 0.1) is 6.92 Å². The summed E-state index contributed by atoms with van der Waals surface area (Å²) in [4.78, 5) is 7.07. The number of hydrogen-bond donors (Lipinski definition) is 0. The predicted octanol–water partition coefficient (Wildman–Crippen LogP) is 4.11. The second kappa shape index (κ2) is 5.47. The van der Waals surface area contributed by atoms with Crippen molar-refractivity contribution in [3.05, 3.63) is 33.7 Å². The normalized spacial score (nSPS) is 18.9. The van der Waals surface area contributed by atoms with Gasteiger partial charge in [-0.15, -0.1) is 23.7 Å². The molecule has 2 heterocycles. The van der Waals surface area contributed by atoms with Crippen LogP contribution in [0.15, 0.2) is 23.3 Å². The van der Waals surface area contributed by atoms with Crippen molar-refractivity contribution in [2.75, 3.05) is 0 Å². The molecule has 0 spiro atoms. The Morgan fingerprint density at radius 3 is 2.93 bits per heavy atom. The molecule has 0 aromatic carbocycles. The minimum absolute atomic E-state index is 0. The lowest BCUT2D eigenvalue weighted by Crippen LogP contribution is -1.99. The van der Waals surface area contributed by atoms with Gasteiger partial charge in [0, 0.05) is 28.1 Å². The Labute approximate surface area is 101 Å². The van der Waals surface area contributed by atoms with E-state index in [4.69, 9.17) is 0 Å². The first kappa shape index (κ1) is 12.5. The Balaban J connectivity index is 0.00000112. The molecule has 2 rings (SSSR count). The minimum Gasteiger partial charge on any atom is -0.269 e. The summed E-state index contributed by atoms with van der Waals surface area (Å²) >= 11 is 1.93. The van der Waals surface area contributed by atoms with Gasteiger partial charge in [-0.1, -0.05) is 13.0 Å². The third-order valence-electron chi connectivity index (χ3n) is 2.55. The SMILES string of the molecule is CCc1cc(C)sc1C1C=CN=CC1.Cl. The van der Waals surface area contributed by atoms with Gasteiger partial charge in [0.25, 0.3) is 0 Å². The maximum Gasteiger partial charge on any atom is 0.0230 e. The van der Waals surface area contributed by atoms with Crippen LogP contribution in [-0.4, -0.2) is 6.21 Å². The van der Waals surface area contributed by atoms with Crippen molar-refractivity contribution in [3.63, 3.8) is 0 Å². The van der Waals surface area contributed by atoms with Crippen molar-refractivity contribution in [1.29, 1.82) is 0 Å². The molecule has 1 aromatic rings. The Kier molecular flexibility index (Phi) is 4.55. The average Bonchev–Trinajstić information content (AvgIpc) is 2.61. The standard InChI is InChI=1S/C12H15NS.ClH/c1-3-10-8-9(2)14-12(10)11-4-6-13-7-5-11;/h4,6-8,11H,3,5H2,1-2H3;1H. The highest BCUT2D eigenvalue weighted by molar-refractivity contribution is 7.12. The number of aryl methyl sites for hydroxylation is 2. The molecule has 1 unspecified atom stereocenters. The van der Waals surface area contributed by atoms with Crippen LogP contribution in [0.25, 0.3) is 0 Å². The van der Waals surface area contributed by atoms with Crippen molar-refractivity contribution >= 4 is 30.0 Å². The molecular weight excluding hydrogens is 226 g/mol. The molecule has 0 saturated heterocycles. The maximum absolute atomic E-state index is 4.11. The third kappa shape index (κ3) is 2.70. The van der Waals surface area contributed by atoms with Crippen LogP contribution < -0.4 is 0 Å². The topological polar surface area (TPSA) is 12.4 Å². The van der Waals surface area contributed by atoms with Gasteiger partial charge in [-0.25, -0.2) is 0 Å². The van der Waals surface area contributed by atoms with E-state index in [1.807, 2.05) is 23.8 Å². The predicted molar refractivity (Wildman–Crippen MR) is 70.7 cm³/mol. The summed E-state index contributed by atoms with van der Waals surface area (Å²) < 4.78 is 0. The Morgan fingerprint density at radius 2 is 2.33 bits per heavy atom. The van der Waals surface area contributed by atoms with E-state index in [2.05, 4.69) is 31.0 Å². The number of allylic oxidation sites excluding steroid dienone is 1. The highest BCUT2D eigenvalue weighted by atomic mass is 35.5. The van der Waals surface area contributed by atoms with Gasteiger partial charge in [-0.05, 0) is 31.4 Å². The molecule has 82 valence electrons. The van der Waals surface area contributed by atoms with Crippen LogP contribution in [0.2, 0.25) is 0 Å². The fourth-order valence-electron chi connectivity index (χ4n) is 1.84. The van der Waals surface area contributed by atoms with Crippen molar-refractivity contribution < 1.29 is 0 Å². The smallest absolute Gasteiger partial charge is 0.0230 e. The highest BCUT2D eigenvalue weighted by Gasteiger charge is 2.15. The zero-order chi connectivity index (χ0) is 9.97. The van der Waals surface area contributed by atoms with Crippen molar-refractivity contribution in [3.8, 4) is 0 Å². The van der Waals surface area contributed by atoms with Crippen LogP contribution in [0.3, 0.4) is 0 Å². The van der Waals surface area contributed by atoms with E-state index in [-0.39, 0.29) is 12.4 Å². The zero-order valence-corrected chi connectivity index (χ0v) is 10.7. The lowest BCUT2D eigenvalue weighted by atomic mass is 9.98. The van der Waals surface area contributed by atoms with Gasteiger partial charge in [0.05, 0.1) is 0 Å². The number of rotatable bonds is 2. The van der Waals surface area contributed by atoms with E-state index in [0.717, 1.165) is 12.8 Å². The molecule has 15 heavy (non-hydrogen) atoms. The first-order chi connectivity index (χ1) is 6.81. The molecular formula is C12H16ClNS. The molecule has 0 aliphatic carbocycles. The van der Waals surface area contributed by atoms with Crippen LogP contribution in [0.4, 0.5) is 0 Å². The number of hydrogen-bond acceptors (Lipinski definition) is 2. The van der Waals surface area contributed by atoms with Gasteiger partial charge in [-0.3, -0.25) is 4.99 Å². The summed E-state index contributed by atoms with van der Waals surface area (Å²) in [7, 11) is 0. The summed E-state index contributed by atoms with van der Waals surface area (Å²) in [5, 5.41) is 0. The molecule has 1 atom stereocenters. The first-order valence-corrected chi connectivity index (χ1v) is 5.90. The minimum atomic E-state index is 0. The fourth-order valence-corrected chi connectivity index (χ4v) is 3.05. The summed E-state index contributed by atoms with van der Waals surface area (Å²) in [6.07, 6.45) is 8.34. The maximum atomic E-state index is 4.11. The molecule has 0 N–H and O–H groups in total. The van der Waals surface area contributed by atoms with Gasteiger partial charge < -0.3 is 0 Å². The van der Waals surface area contributed by atoms with E-state index >= 15 is 0 Å². The lowest BCUT2D eigenvalue weighted by Gasteiger charge is -2.12. The molecule has 0 saturated carbocycles. The number of nitrogens with zero attached hydrogens (tertiary/aromatic N) is 1. The first-order valence-electron chi connectivity index (χ1n) is 5.08. The number of thiophene rings is 1. The lowest BCUT2D eigenvalue weighted by molar-refractivity contribution is 0.889. The second-order valence-corrected chi connectivity index (χ2v) is 4.90. The molecule has 0 amide bonds. The second-order valence-electron chi connectivity index (χ2n) is 3.62. The summed E-state index contributed by atoms with van der Waals surface area (Å²) in [6.45, 7) is 4.42. The Bertz CT molecular complexity index is 379. The Morgan fingerprint density at radius 1 is 1.53 bits per heavy atom. The molecule has 1 nitrogen and oxygen atoms in total. The van der Waals surface area contributed by atoms with Gasteiger partial charge >= 0.3 is 0 Å². The van der Waals surface area contributed by atoms with Crippen molar-refractivity contribution in [2.45, 2.75) is 32.6 Å². The van der Waals surface area contributed by atoms with Crippen LogP contribution >= 0.6 is 23.7 Å². The zero-order valence-electron chi connectivity index (χ0n) is 9.06. The quantitative estimate of drug-likeness (QED) is 0.739. The molecule has 0 radical (unpaired) electrons. The summed E-state index contributed by atoms with van der Waals surface area (Å²) in [5.41, 5.74) is 1.51. The van der Waals surface area contributed by atoms with E-state index in [1.54, 1.807) is 0 Å². The molecule has 1 aliphatic heterocycles. The molecule has 0 fully saturated rings. The monoisotopic (exact) mass is 241 g/mol. The van der Waals surface area contributed by atoms with Gasteiger partial charge in [0.1, 0.15) is 0 Å². The van der Waals surface area contributed by atoms with Crippen molar-refractivity contribution in [1.82, 2.24) is 0 Å². The summed E-state index contributed by atoms with van der Waals surface area (Å²) in [5.74, 6) is 0.571. The van der Waals surface area contributed by atoms with Gasteiger partial charge in [-0.2, -0.15) is 0 Å². The summed E-state index contributed by atoms with van der Waals surface area (Å²) in [6, 6.07) is 2.32. The number of halogens is 1. The van der Waals surface area contributed by atoms with Crippen LogP contribution in [0.1, 0.15) is 34.6 Å². The van der Waals surface area contributed by atoms with Crippen molar-refractivity contribution in [2.24, 2.45) is 4.99 Å². The largest absolute Gasteiger partial charge is 0.269 e. The molecule has 1 aliphatic rings. The van der Waals surface area contributed by atoms with E-state index in [1.165, 1.54) is 15.3 Å². The molecule has 0 bridgehead atoms. The third-order valence-corrected chi connectivity index (χ3v) is 3.78. The molecule has 1 aromatic heterocycles. The Hall–Kier alpha value is -0.600. The van der Waals surface area contributed by atoms with E-state index in [0.29, 0.717) is 5.92 Å². The number of aliphatic imine (C=N–C) groups is 1. The van der Waals surface area contributed by atoms with Crippen LogP contribution in [0.5, 0.6) is 0 Å². The van der Waals surface area contributed by atoms with Gasteiger partial charge in [0.15, 0.2) is 0 Å². The fraction of sp³-hybridized carbons (Fsp3) is 0.417. The van der Waals surface area contributed by atoms with E-state index in [9.17, 15) is 0 Å². The van der Waals surface area contributed by atoms with Crippen LogP contribution in [-0.2, 0) is 6.42 Å². The van der Waals surface area contributed by atoms with E-state index < -0.39 is 0 Å². The average molecular weight is 242 g/mol. The highest BCUT2D eigenvalue weighted by Crippen LogP contribution is 2.33. The molecule has 3 heteroatoms.